The molecule has 0 atom stereocenters. The molecule has 4 heteroatoms. The van der Waals surface area contributed by atoms with Gasteiger partial charge in [-0.05, 0) is 0 Å². The lowest BCUT2D eigenvalue weighted by Gasteiger charge is -2.09. The SMILES string of the molecule is COc1cc(OC)c(OC)cc1F. The Hall–Kier alpha value is -1.45. The molecule has 0 bridgehead atoms. The van der Waals surface area contributed by atoms with E-state index in [9.17, 15) is 4.39 Å². The Morgan fingerprint density at radius 2 is 1.31 bits per heavy atom. The lowest BCUT2D eigenvalue weighted by Crippen LogP contribution is -1.94. The summed E-state index contributed by atoms with van der Waals surface area (Å²) in [5.74, 6) is 0.458. The predicted molar refractivity (Wildman–Crippen MR) is 46.1 cm³/mol. The molecule has 0 aliphatic heterocycles. The van der Waals surface area contributed by atoms with E-state index < -0.39 is 5.82 Å². The molecule has 13 heavy (non-hydrogen) atoms. The van der Waals surface area contributed by atoms with Crippen molar-refractivity contribution in [3.8, 4) is 17.2 Å². The molecular formula is C9H11FO3. The van der Waals surface area contributed by atoms with E-state index >= 15 is 0 Å². The molecule has 0 amide bonds. The van der Waals surface area contributed by atoms with Crippen molar-refractivity contribution in [2.24, 2.45) is 0 Å². The third kappa shape index (κ3) is 1.83. The monoisotopic (exact) mass is 186 g/mol. The van der Waals surface area contributed by atoms with Gasteiger partial charge < -0.3 is 14.2 Å². The Morgan fingerprint density at radius 1 is 0.846 bits per heavy atom. The van der Waals surface area contributed by atoms with Crippen molar-refractivity contribution < 1.29 is 18.6 Å². The quantitative estimate of drug-likeness (QED) is 0.721. The third-order valence-corrected chi connectivity index (χ3v) is 1.66. The van der Waals surface area contributed by atoms with E-state index in [4.69, 9.17) is 14.2 Å². The zero-order valence-electron chi connectivity index (χ0n) is 7.76. The van der Waals surface area contributed by atoms with Crippen molar-refractivity contribution in [2.45, 2.75) is 0 Å². The van der Waals surface area contributed by atoms with Crippen LogP contribution < -0.4 is 14.2 Å². The van der Waals surface area contributed by atoms with Crippen molar-refractivity contribution in [1.82, 2.24) is 0 Å². The topological polar surface area (TPSA) is 27.7 Å². The van der Waals surface area contributed by atoms with Gasteiger partial charge in [0.05, 0.1) is 21.3 Å². The Kier molecular flexibility index (Phi) is 2.95. The smallest absolute Gasteiger partial charge is 0.169 e. The number of halogens is 1. The van der Waals surface area contributed by atoms with E-state index in [0.717, 1.165) is 0 Å². The van der Waals surface area contributed by atoms with Crippen LogP contribution in [0, 0.1) is 5.82 Å². The fourth-order valence-corrected chi connectivity index (χ4v) is 0.992. The molecule has 0 aromatic heterocycles. The molecule has 0 aliphatic rings. The maximum Gasteiger partial charge on any atom is 0.169 e. The van der Waals surface area contributed by atoms with Crippen molar-refractivity contribution in [3.63, 3.8) is 0 Å². The van der Waals surface area contributed by atoms with Crippen LogP contribution in [0.4, 0.5) is 4.39 Å². The van der Waals surface area contributed by atoms with E-state index in [1.165, 1.54) is 33.5 Å². The minimum Gasteiger partial charge on any atom is -0.494 e. The second kappa shape index (κ2) is 3.98. The van der Waals surface area contributed by atoms with Gasteiger partial charge in [0.25, 0.3) is 0 Å². The largest absolute Gasteiger partial charge is 0.494 e. The van der Waals surface area contributed by atoms with E-state index in [2.05, 4.69) is 0 Å². The molecule has 72 valence electrons. The highest BCUT2D eigenvalue weighted by molar-refractivity contribution is 5.46. The molecule has 0 spiro atoms. The van der Waals surface area contributed by atoms with Crippen LogP contribution >= 0.6 is 0 Å². The average Bonchev–Trinajstić information content (AvgIpc) is 2.17. The number of rotatable bonds is 3. The molecule has 0 fully saturated rings. The summed E-state index contributed by atoms with van der Waals surface area (Å²) in [5.41, 5.74) is 0. The maximum absolute atomic E-state index is 13.1. The summed E-state index contributed by atoms with van der Waals surface area (Å²) in [6, 6.07) is 2.66. The van der Waals surface area contributed by atoms with Gasteiger partial charge in [0.2, 0.25) is 0 Å². The molecular weight excluding hydrogens is 175 g/mol. The molecule has 0 heterocycles. The summed E-state index contributed by atoms with van der Waals surface area (Å²) in [6.45, 7) is 0. The van der Waals surface area contributed by atoms with Crippen LogP contribution in [-0.2, 0) is 0 Å². The summed E-state index contributed by atoms with van der Waals surface area (Å²) < 4.78 is 27.7. The summed E-state index contributed by atoms with van der Waals surface area (Å²) in [4.78, 5) is 0. The number of benzene rings is 1. The van der Waals surface area contributed by atoms with Crippen LogP contribution in [0.1, 0.15) is 0 Å². The fourth-order valence-electron chi connectivity index (χ4n) is 0.992. The second-order valence-electron chi connectivity index (χ2n) is 2.34. The van der Waals surface area contributed by atoms with Gasteiger partial charge in [0.15, 0.2) is 23.1 Å². The molecule has 1 rings (SSSR count). The third-order valence-electron chi connectivity index (χ3n) is 1.66. The molecule has 0 radical (unpaired) electrons. The summed E-state index contributed by atoms with van der Waals surface area (Å²) in [5, 5.41) is 0. The zero-order valence-corrected chi connectivity index (χ0v) is 7.76. The highest BCUT2D eigenvalue weighted by Crippen LogP contribution is 2.33. The number of ether oxygens (including phenoxy) is 3. The van der Waals surface area contributed by atoms with Crippen LogP contribution in [0.2, 0.25) is 0 Å². The molecule has 3 nitrogen and oxygen atoms in total. The first-order valence-corrected chi connectivity index (χ1v) is 3.68. The fraction of sp³-hybridized carbons (Fsp3) is 0.333. The number of hydrogen-bond acceptors (Lipinski definition) is 3. The Bertz CT molecular complexity index is 299. The second-order valence-corrected chi connectivity index (χ2v) is 2.34. The van der Waals surface area contributed by atoms with Crippen molar-refractivity contribution in [2.75, 3.05) is 21.3 Å². The lowest BCUT2D eigenvalue weighted by atomic mass is 10.3. The standard InChI is InChI=1S/C9H11FO3/c1-11-7-5-9(13-3)8(12-2)4-6(7)10/h4-5H,1-3H3. The Morgan fingerprint density at radius 3 is 1.77 bits per heavy atom. The zero-order chi connectivity index (χ0) is 9.84. The van der Waals surface area contributed by atoms with Gasteiger partial charge >= 0.3 is 0 Å². The van der Waals surface area contributed by atoms with E-state index in [-0.39, 0.29) is 5.75 Å². The summed E-state index contributed by atoms with van der Waals surface area (Å²) >= 11 is 0. The molecule has 0 aliphatic carbocycles. The average molecular weight is 186 g/mol. The van der Waals surface area contributed by atoms with Crippen molar-refractivity contribution in [1.29, 1.82) is 0 Å². The normalized spacial score (nSPS) is 9.54. The molecule has 0 saturated carbocycles. The van der Waals surface area contributed by atoms with Crippen LogP contribution in [0.3, 0.4) is 0 Å². The molecule has 1 aromatic rings. The molecule has 1 aromatic carbocycles. The summed E-state index contributed by atoms with van der Waals surface area (Å²) in [7, 11) is 4.32. The first-order chi connectivity index (χ1) is 6.22. The van der Waals surface area contributed by atoms with E-state index in [0.29, 0.717) is 11.5 Å². The minimum absolute atomic E-state index is 0.137. The first-order valence-electron chi connectivity index (χ1n) is 3.68. The maximum atomic E-state index is 13.1. The Labute approximate surface area is 76.0 Å². The van der Waals surface area contributed by atoms with Gasteiger partial charge in [-0.15, -0.1) is 0 Å². The minimum atomic E-state index is -0.472. The van der Waals surface area contributed by atoms with E-state index in [1.807, 2.05) is 0 Å². The molecule has 0 N–H and O–H groups in total. The first kappa shape index (κ1) is 9.64. The van der Waals surface area contributed by atoms with Gasteiger partial charge in [-0.1, -0.05) is 0 Å². The van der Waals surface area contributed by atoms with Crippen LogP contribution in [0.15, 0.2) is 12.1 Å². The van der Waals surface area contributed by atoms with Gasteiger partial charge in [0.1, 0.15) is 0 Å². The lowest BCUT2D eigenvalue weighted by molar-refractivity contribution is 0.339. The highest BCUT2D eigenvalue weighted by atomic mass is 19.1. The van der Waals surface area contributed by atoms with Gasteiger partial charge in [-0.2, -0.15) is 0 Å². The number of hydrogen-bond donors (Lipinski definition) is 0. The Balaban J connectivity index is 3.18. The van der Waals surface area contributed by atoms with Crippen LogP contribution in [0.25, 0.3) is 0 Å². The van der Waals surface area contributed by atoms with Gasteiger partial charge in [-0.3, -0.25) is 0 Å². The predicted octanol–water partition coefficient (Wildman–Crippen LogP) is 1.85. The van der Waals surface area contributed by atoms with Crippen LogP contribution in [0.5, 0.6) is 17.2 Å². The van der Waals surface area contributed by atoms with Crippen LogP contribution in [-0.4, -0.2) is 21.3 Å². The van der Waals surface area contributed by atoms with Crippen molar-refractivity contribution >= 4 is 0 Å². The highest BCUT2D eigenvalue weighted by Gasteiger charge is 2.10. The van der Waals surface area contributed by atoms with E-state index in [1.54, 1.807) is 0 Å². The number of methoxy groups -OCH3 is 3. The molecule has 0 unspecified atom stereocenters. The summed E-state index contributed by atoms with van der Waals surface area (Å²) in [6.07, 6.45) is 0. The van der Waals surface area contributed by atoms with Crippen molar-refractivity contribution in [3.05, 3.63) is 17.9 Å². The van der Waals surface area contributed by atoms with Gasteiger partial charge in [-0.25, -0.2) is 4.39 Å². The molecule has 0 saturated heterocycles. The van der Waals surface area contributed by atoms with Gasteiger partial charge in [0, 0.05) is 12.1 Å².